The molecule has 0 fully saturated rings. The van der Waals surface area contributed by atoms with Crippen molar-refractivity contribution in [1.82, 2.24) is 0 Å². The van der Waals surface area contributed by atoms with Crippen LogP contribution >= 0.6 is 0 Å². The van der Waals surface area contributed by atoms with E-state index in [9.17, 15) is 100 Å². The third kappa shape index (κ3) is 18.5. The van der Waals surface area contributed by atoms with Crippen LogP contribution in [0.15, 0.2) is 46.7 Å². The van der Waals surface area contributed by atoms with Gasteiger partial charge in [-0.1, -0.05) is 33.1 Å². The van der Waals surface area contributed by atoms with E-state index in [1.807, 2.05) is 0 Å². The Bertz CT molecular complexity index is 1670. The van der Waals surface area contributed by atoms with Gasteiger partial charge < -0.3 is 44.7 Å². The van der Waals surface area contributed by atoms with Crippen LogP contribution in [0.3, 0.4) is 0 Å². The van der Waals surface area contributed by atoms with E-state index >= 15 is 0 Å². The minimum Gasteiger partial charge on any atom is -0.506 e. The highest BCUT2D eigenvalue weighted by Crippen LogP contribution is 2.49. The molecule has 2 aromatic heterocycles. The summed E-state index contributed by atoms with van der Waals surface area (Å²) >= 11 is 0. The van der Waals surface area contributed by atoms with E-state index < -0.39 is 79.3 Å². The van der Waals surface area contributed by atoms with E-state index in [1.165, 1.54) is 18.4 Å². The van der Waals surface area contributed by atoms with Gasteiger partial charge >= 0.3 is 52.2 Å². The third-order valence-corrected chi connectivity index (χ3v) is 10.4. The molecule has 30 heteroatoms. The van der Waals surface area contributed by atoms with Crippen LogP contribution < -0.4 is 9.13 Å². The molecule has 0 spiro atoms. The Hall–Kier alpha value is -3.17. The van der Waals surface area contributed by atoms with Crippen molar-refractivity contribution in [3.63, 3.8) is 0 Å². The number of aromatic hydroxyl groups is 1. The number of aromatic nitrogens is 2. The van der Waals surface area contributed by atoms with E-state index in [1.54, 1.807) is 6.92 Å². The summed E-state index contributed by atoms with van der Waals surface area (Å²) in [6, 6.07) is 4.36. The first-order valence-corrected chi connectivity index (χ1v) is 18.9. The average Bonchev–Trinajstić information content (AvgIpc) is 3.03. The van der Waals surface area contributed by atoms with Crippen molar-refractivity contribution in [2.45, 2.75) is 111 Å². The van der Waals surface area contributed by atoms with Crippen LogP contribution in [0.5, 0.6) is 5.75 Å². The van der Waals surface area contributed by atoms with Gasteiger partial charge in [-0.2, -0.15) is 48.5 Å². The molecule has 8 nitrogen and oxygen atoms in total. The van der Waals surface area contributed by atoms with Gasteiger partial charge in [0, 0.05) is 37.6 Å². The zero-order chi connectivity index (χ0) is 45.5. The SMILES string of the molecule is CCCCCC[n+]1ccc(O)c(S(=O)(=O)C(F)(F)C(F)(F)F)c1S(=O)(=O)C(F)(F)C(F)(F)F.CCCC[n+]1ccc(CCCO)cc1.F[B-](F)(F)F.F[B-](F)(F)F. The van der Waals surface area contributed by atoms with Crippen molar-refractivity contribution in [2.75, 3.05) is 6.61 Å². The lowest BCUT2D eigenvalue weighted by Crippen LogP contribution is -2.52. The van der Waals surface area contributed by atoms with Gasteiger partial charge in [-0.25, -0.2) is 21.4 Å². The molecule has 57 heavy (non-hydrogen) atoms. The lowest BCUT2D eigenvalue weighted by atomic mass is 10.1. The zero-order valence-electron chi connectivity index (χ0n) is 29.4. The molecule has 2 heterocycles. The van der Waals surface area contributed by atoms with Crippen molar-refractivity contribution >= 4 is 34.2 Å². The molecule has 2 aromatic rings. The lowest BCUT2D eigenvalue weighted by Gasteiger charge is -2.23. The van der Waals surface area contributed by atoms with Crippen LogP contribution in [0.4, 0.5) is 78.4 Å². The Kier molecular flexibility index (Phi) is 21.9. The van der Waals surface area contributed by atoms with Crippen LogP contribution in [0.1, 0.15) is 64.4 Å². The smallest absolute Gasteiger partial charge is 0.506 e. The highest BCUT2D eigenvalue weighted by atomic mass is 32.2. The third-order valence-electron chi connectivity index (χ3n) is 6.56. The molecule has 0 saturated carbocycles. The predicted molar refractivity (Wildman–Crippen MR) is 166 cm³/mol. The summed E-state index contributed by atoms with van der Waals surface area (Å²) in [7, 11) is -26.8. The first-order chi connectivity index (χ1) is 25.5. The van der Waals surface area contributed by atoms with Gasteiger partial charge in [-0.3, -0.25) is 0 Å². The predicted octanol–water partition coefficient (Wildman–Crippen LogP) is 8.42. The quantitative estimate of drug-likeness (QED) is 0.0803. The number of aliphatic hydroxyl groups is 1. The van der Waals surface area contributed by atoms with E-state index in [-0.39, 0.29) is 36.3 Å². The van der Waals surface area contributed by atoms with Gasteiger partial charge in [0.1, 0.15) is 18.8 Å². The molecule has 2 rings (SSSR count). The molecule has 0 aliphatic carbocycles. The van der Waals surface area contributed by atoms with Crippen molar-refractivity contribution in [2.24, 2.45) is 0 Å². The molecule has 0 saturated heterocycles. The van der Waals surface area contributed by atoms with Gasteiger partial charge in [0.2, 0.25) is 0 Å². The number of hydrogen-bond donors (Lipinski definition) is 2. The van der Waals surface area contributed by atoms with E-state index in [0.29, 0.717) is 12.8 Å². The molecule has 0 amide bonds. The van der Waals surface area contributed by atoms with Crippen LogP contribution in [-0.4, -0.2) is 71.0 Å². The summed E-state index contributed by atoms with van der Waals surface area (Å²) in [4.78, 5) is -2.94. The summed E-state index contributed by atoms with van der Waals surface area (Å²) in [5.41, 5.74) is 1.31. The lowest BCUT2D eigenvalue weighted by molar-refractivity contribution is -0.737. The molecule has 0 aliphatic rings. The number of nitrogens with zero attached hydrogens (tertiary/aromatic N) is 2. The summed E-state index contributed by atoms with van der Waals surface area (Å²) in [5.74, 6) is -2.21. The molecule has 2 N–H and O–H groups in total. The highest BCUT2D eigenvalue weighted by Gasteiger charge is 2.74. The minimum atomic E-state index is -7.41. The maximum atomic E-state index is 13.8. The maximum absolute atomic E-state index is 13.8. The van der Waals surface area contributed by atoms with Crippen molar-refractivity contribution < 1.29 is 115 Å². The Morgan fingerprint density at radius 1 is 0.596 bits per heavy atom. The first kappa shape index (κ1) is 55.9. The van der Waals surface area contributed by atoms with Crippen LogP contribution in [0.2, 0.25) is 0 Å². The van der Waals surface area contributed by atoms with E-state index in [4.69, 9.17) is 5.11 Å². The number of pyridine rings is 2. The highest BCUT2D eigenvalue weighted by molar-refractivity contribution is 7.95. The molecule has 0 bridgehead atoms. The second kappa shape index (κ2) is 22.3. The topological polar surface area (TPSA) is 116 Å². The number of hydrogen-bond acceptors (Lipinski definition) is 6. The van der Waals surface area contributed by atoms with Crippen molar-refractivity contribution in [3.8, 4) is 5.75 Å². The average molecular weight is 912 g/mol. The molecule has 0 radical (unpaired) electrons. The van der Waals surface area contributed by atoms with E-state index in [2.05, 4.69) is 36.0 Å². The fourth-order valence-corrected chi connectivity index (χ4v) is 7.21. The number of aliphatic hydroxyl groups excluding tert-OH is 1. The Balaban J connectivity index is 0. The van der Waals surface area contributed by atoms with Crippen LogP contribution in [0, 0.1) is 0 Å². The summed E-state index contributed by atoms with van der Waals surface area (Å²) < 4.78 is 260. The fraction of sp³-hybridized carbons (Fsp3) is 0.630. The molecule has 334 valence electrons. The zero-order valence-corrected chi connectivity index (χ0v) is 31.1. The van der Waals surface area contributed by atoms with Crippen LogP contribution in [-0.2, 0) is 39.2 Å². The number of halogens is 18. The Morgan fingerprint density at radius 3 is 1.40 bits per heavy atom. The molecular formula is C27H36B2F18N2O6S2. The van der Waals surface area contributed by atoms with Gasteiger partial charge in [-0.15, -0.1) is 0 Å². The second-order valence-electron chi connectivity index (χ2n) is 11.2. The van der Waals surface area contributed by atoms with Gasteiger partial charge in [0.15, 0.2) is 23.5 Å². The summed E-state index contributed by atoms with van der Waals surface area (Å²) in [6.07, 6.45) is -4.15. The van der Waals surface area contributed by atoms with Gasteiger partial charge in [0.25, 0.3) is 9.84 Å². The molecule has 0 atom stereocenters. The number of alkyl halides is 10. The number of unbranched alkanes of at least 4 members (excludes halogenated alkanes) is 4. The second-order valence-corrected chi connectivity index (χ2v) is 15.1. The molecule has 0 unspecified atom stereocenters. The van der Waals surface area contributed by atoms with Gasteiger partial charge in [0.05, 0.1) is 0 Å². The molecule has 0 aromatic carbocycles. The molecule has 0 aliphatic heterocycles. The van der Waals surface area contributed by atoms with E-state index in [0.717, 1.165) is 19.4 Å². The summed E-state index contributed by atoms with van der Waals surface area (Å²) in [5, 5.41) is 1.89. The van der Waals surface area contributed by atoms with Crippen LogP contribution in [0.25, 0.3) is 0 Å². The normalized spacial score (nSPS) is 13.1. The monoisotopic (exact) mass is 912 g/mol. The standard InChI is InChI=1S/C15H15F10NO5S2.C12H20NO.2BF4/c1-2-3-4-5-7-26-8-6-9(27)10(32(28,29)14(22,23)12(16,17)18)11(26)33(30,31)15(24,25)13(19,20)21;1-2-3-8-13-9-6-12(7-10-13)5-4-11-14;2*2-1(3,4)5/h6,8H,2-5,7H2,1H3;6-7,9-10,14H,2-5,8,11H2,1H3;;/q;+1;2*-1/p+1. The van der Waals surface area contributed by atoms with Crippen molar-refractivity contribution in [1.29, 1.82) is 0 Å². The molecular weight excluding hydrogens is 876 g/mol. The van der Waals surface area contributed by atoms with Gasteiger partial charge in [-0.05, 0) is 24.8 Å². The minimum absolute atomic E-state index is 0.0733. The number of rotatable bonds is 15. The Morgan fingerprint density at radius 2 is 1.02 bits per heavy atom. The first-order valence-electron chi connectivity index (χ1n) is 15.9. The summed E-state index contributed by atoms with van der Waals surface area (Å²) in [6.45, 7) is 4.40. The largest absolute Gasteiger partial charge is 0.673 e. The fourth-order valence-electron chi connectivity index (χ4n) is 3.94. The maximum Gasteiger partial charge on any atom is 0.673 e. The number of sulfone groups is 2. The van der Waals surface area contributed by atoms with Crippen molar-refractivity contribution in [3.05, 3.63) is 42.4 Å². The Labute approximate surface area is 314 Å². The number of aryl methyl sites for hydroxylation is 3.